The number of carbonyl (C=O) groups is 1. The third-order valence-corrected chi connectivity index (χ3v) is 9.31. The van der Waals surface area contributed by atoms with E-state index in [1.54, 1.807) is 20.8 Å². The fraction of sp³-hybridized carbons (Fsp3) is 0.258. The van der Waals surface area contributed by atoms with Crippen LogP contribution in [0.2, 0.25) is 0 Å². The highest BCUT2D eigenvalue weighted by Crippen LogP contribution is 2.52. The van der Waals surface area contributed by atoms with E-state index in [0.29, 0.717) is 6.07 Å². The molecule has 218 valence electrons. The zero-order chi connectivity index (χ0) is 30.4. The minimum atomic E-state index is -4.17. The Bertz CT molecular complexity index is 1790. The first-order valence-corrected chi connectivity index (χ1v) is 14.6. The fourth-order valence-electron chi connectivity index (χ4n) is 5.44. The van der Waals surface area contributed by atoms with Crippen LogP contribution in [0.5, 0.6) is 11.5 Å². The number of aromatic hydroxyl groups is 1. The summed E-state index contributed by atoms with van der Waals surface area (Å²) in [5, 5.41) is 13.9. The number of hydrogen-bond acceptors (Lipinski definition) is 6. The molecule has 3 aromatic carbocycles. The third-order valence-electron chi connectivity index (χ3n) is 7.01. The predicted octanol–water partition coefficient (Wildman–Crippen LogP) is 6.08. The molecule has 2 aliphatic heterocycles. The van der Waals surface area contributed by atoms with Crippen LogP contribution < -0.4 is 15.0 Å². The Labute approximate surface area is 241 Å². The van der Waals surface area contributed by atoms with Crippen molar-refractivity contribution in [2.45, 2.75) is 33.2 Å². The lowest BCUT2D eigenvalue weighted by Gasteiger charge is -2.37. The van der Waals surface area contributed by atoms with Gasteiger partial charge in [-0.05, 0) is 55.2 Å². The minimum Gasteiger partial charge on any atom is -0.506 e. The van der Waals surface area contributed by atoms with Gasteiger partial charge in [-0.15, -0.1) is 5.92 Å². The molecule has 5 rings (SSSR count). The highest BCUT2D eigenvalue weighted by atomic mass is 32.2. The number of rotatable bonds is 4. The predicted molar refractivity (Wildman–Crippen MR) is 152 cm³/mol. The maximum Gasteiger partial charge on any atom is 0.259 e. The molecular weight excluding hydrogens is 569 g/mol. The van der Waals surface area contributed by atoms with E-state index in [-0.39, 0.29) is 57.8 Å². The topological polar surface area (TPSA) is 95.9 Å². The van der Waals surface area contributed by atoms with Crippen molar-refractivity contribution in [2.24, 2.45) is 5.41 Å². The highest BCUT2D eigenvalue weighted by Gasteiger charge is 2.48. The number of phenols is 1. The van der Waals surface area contributed by atoms with Crippen LogP contribution >= 0.6 is 0 Å². The number of sulfone groups is 1. The van der Waals surface area contributed by atoms with E-state index in [9.17, 15) is 27.1 Å². The van der Waals surface area contributed by atoms with Crippen molar-refractivity contribution in [2.75, 3.05) is 22.6 Å². The average Bonchev–Trinajstić information content (AvgIpc) is 3.02. The normalized spacial score (nSPS) is 18.5. The van der Waals surface area contributed by atoms with Crippen LogP contribution in [0, 0.1) is 34.7 Å². The van der Waals surface area contributed by atoms with E-state index in [1.165, 1.54) is 30.3 Å². The second kappa shape index (κ2) is 10.8. The van der Waals surface area contributed by atoms with Gasteiger partial charge >= 0.3 is 0 Å². The monoisotopic (exact) mass is 596 g/mol. The van der Waals surface area contributed by atoms with E-state index in [1.807, 2.05) is 0 Å². The molecule has 1 unspecified atom stereocenters. The molecule has 0 fully saturated rings. The Balaban J connectivity index is 1.82. The number of nitrogens with zero attached hydrogens (tertiary/aromatic N) is 1. The van der Waals surface area contributed by atoms with Crippen molar-refractivity contribution in [1.82, 2.24) is 0 Å². The molecule has 0 bridgehead atoms. The van der Waals surface area contributed by atoms with Gasteiger partial charge in [0.1, 0.15) is 47.3 Å². The Morgan fingerprint density at radius 2 is 1.83 bits per heavy atom. The van der Waals surface area contributed by atoms with Crippen molar-refractivity contribution >= 4 is 27.1 Å². The van der Waals surface area contributed by atoms with Gasteiger partial charge in [0.25, 0.3) is 5.91 Å². The number of benzene rings is 3. The molecule has 2 heterocycles. The molecule has 0 aromatic heterocycles. The van der Waals surface area contributed by atoms with Crippen LogP contribution in [0.4, 0.5) is 24.5 Å². The van der Waals surface area contributed by atoms with E-state index in [4.69, 9.17) is 4.74 Å². The summed E-state index contributed by atoms with van der Waals surface area (Å²) in [7, 11) is -4.17. The molecule has 42 heavy (non-hydrogen) atoms. The average molecular weight is 597 g/mol. The number of anilines is 2. The molecule has 0 aliphatic carbocycles. The van der Waals surface area contributed by atoms with E-state index in [0.717, 1.165) is 23.1 Å². The number of fused-ring (bicyclic) bond motifs is 1. The first-order chi connectivity index (χ1) is 19.8. The van der Waals surface area contributed by atoms with Gasteiger partial charge in [0, 0.05) is 29.0 Å². The lowest BCUT2D eigenvalue weighted by molar-refractivity contribution is 0.0979. The first-order valence-electron chi connectivity index (χ1n) is 13.0. The van der Waals surface area contributed by atoms with Gasteiger partial charge in [0.15, 0.2) is 9.84 Å². The fourth-order valence-corrected chi connectivity index (χ4v) is 7.79. The van der Waals surface area contributed by atoms with Crippen LogP contribution in [-0.4, -0.2) is 31.8 Å². The Morgan fingerprint density at radius 1 is 1.12 bits per heavy atom. The van der Waals surface area contributed by atoms with Gasteiger partial charge < -0.3 is 15.2 Å². The minimum absolute atomic E-state index is 0.0101. The largest absolute Gasteiger partial charge is 0.506 e. The number of ether oxygens (including phenoxy) is 1. The molecular formula is C31H27F3N2O5S. The number of nitrogens with one attached hydrogen (secondary N) is 1. The van der Waals surface area contributed by atoms with Crippen molar-refractivity contribution < 1.29 is 36.2 Å². The molecule has 0 saturated carbocycles. The van der Waals surface area contributed by atoms with Crippen molar-refractivity contribution in [3.05, 3.63) is 93.8 Å². The summed E-state index contributed by atoms with van der Waals surface area (Å²) in [6.45, 7) is 5.12. The SMILES string of the molecule is CC#CCOc1ccc(C2C3=C(CC(C)(C)CS3(=O)=O)Nc3c(O)cccc3N2C(=O)c2cc(F)cc(F)c2)c(F)c1. The molecule has 0 radical (unpaired) electrons. The number of halogens is 3. The summed E-state index contributed by atoms with van der Waals surface area (Å²) in [6, 6.07) is 8.55. The molecule has 0 spiro atoms. The molecule has 2 N–H and O–H groups in total. The van der Waals surface area contributed by atoms with Crippen molar-refractivity contribution in [1.29, 1.82) is 0 Å². The van der Waals surface area contributed by atoms with E-state index < -0.39 is 50.2 Å². The summed E-state index contributed by atoms with van der Waals surface area (Å²) in [6.07, 6.45) is 0.182. The Hall–Kier alpha value is -4.43. The summed E-state index contributed by atoms with van der Waals surface area (Å²) in [5.74, 6) is 0.880. The van der Waals surface area contributed by atoms with E-state index in [2.05, 4.69) is 17.2 Å². The van der Waals surface area contributed by atoms with Crippen molar-refractivity contribution in [3.8, 4) is 23.3 Å². The van der Waals surface area contributed by atoms with Crippen molar-refractivity contribution in [3.63, 3.8) is 0 Å². The van der Waals surface area contributed by atoms with Gasteiger partial charge in [-0.3, -0.25) is 9.69 Å². The first kappa shape index (κ1) is 29.1. The maximum atomic E-state index is 16.0. The highest BCUT2D eigenvalue weighted by molar-refractivity contribution is 7.95. The lowest BCUT2D eigenvalue weighted by Crippen LogP contribution is -2.41. The van der Waals surface area contributed by atoms with Crippen LogP contribution in [-0.2, 0) is 9.84 Å². The molecule has 0 saturated heterocycles. The second-order valence-electron chi connectivity index (χ2n) is 10.9. The summed E-state index contributed by atoms with van der Waals surface area (Å²) < 4.78 is 78.0. The standard InChI is InChI=1S/C31H27F3N2O5S/c1-4-5-11-41-21-9-10-22(23(34)15-21)28-29-24(16-31(2,3)17-42(29,39)40)35-27-25(7-6-8-26(27)37)36(28)30(38)18-12-19(32)14-20(33)13-18/h6-10,12-15,28,35,37H,11,16-17H2,1-3H3. The zero-order valence-electron chi connectivity index (χ0n) is 23.0. The molecule has 1 amide bonds. The number of carbonyl (C=O) groups excluding carboxylic acids is 1. The van der Waals surface area contributed by atoms with Crippen LogP contribution in [0.25, 0.3) is 0 Å². The van der Waals surface area contributed by atoms with Gasteiger partial charge in [-0.25, -0.2) is 21.6 Å². The number of allylic oxidation sites excluding steroid dienone is 1. The Kier molecular flexibility index (Phi) is 7.45. The van der Waals surface area contributed by atoms with E-state index >= 15 is 4.39 Å². The second-order valence-corrected chi connectivity index (χ2v) is 12.8. The number of phenolic OH excluding ortho intramolecular Hbond substituents is 1. The molecule has 11 heteroatoms. The van der Waals surface area contributed by atoms with Gasteiger partial charge in [-0.2, -0.15) is 0 Å². The summed E-state index contributed by atoms with van der Waals surface area (Å²) >= 11 is 0. The summed E-state index contributed by atoms with van der Waals surface area (Å²) in [5.41, 5.74) is -1.26. The summed E-state index contributed by atoms with van der Waals surface area (Å²) in [4.78, 5) is 14.9. The van der Waals surface area contributed by atoms with Gasteiger partial charge in [0.2, 0.25) is 0 Å². The Morgan fingerprint density at radius 3 is 2.50 bits per heavy atom. The zero-order valence-corrected chi connectivity index (χ0v) is 23.8. The maximum absolute atomic E-state index is 16.0. The molecule has 2 aliphatic rings. The number of para-hydroxylation sites is 1. The number of amides is 1. The van der Waals surface area contributed by atoms with Crippen LogP contribution in [0.3, 0.4) is 0 Å². The number of hydrogen-bond donors (Lipinski definition) is 2. The quantitative estimate of drug-likeness (QED) is 0.280. The van der Waals surface area contributed by atoms with Gasteiger partial charge in [-0.1, -0.05) is 25.8 Å². The molecule has 1 atom stereocenters. The molecule has 3 aromatic rings. The van der Waals surface area contributed by atoms with Crippen LogP contribution in [0.15, 0.2) is 65.2 Å². The molecule has 7 nitrogen and oxygen atoms in total. The lowest BCUT2D eigenvalue weighted by atomic mass is 9.88. The van der Waals surface area contributed by atoms with Gasteiger partial charge in [0.05, 0.1) is 16.3 Å². The van der Waals surface area contributed by atoms with Crippen LogP contribution in [0.1, 0.15) is 49.2 Å². The smallest absolute Gasteiger partial charge is 0.259 e. The third kappa shape index (κ3) is 5.42.